The van der Waals surface area contributed by atoms with Crippen molar-refractivity contribution in [2.75, 3.05) is 32.2 Å². The van der Waals surface area contributed by atoms with Crippen molar-refractivity contribution in [1.82, 2.24) is 24.4 Å². The fraction of sp³-hybridized carbons (Fsp3) is 0.391. The van der Waals surface area contributed by atoms with Crippen LogP contribution in [0.2, 0.25) is 5.02 Å². The lowest BCUT2D eigenvalue weighted by atomic mass is 9.95. The number of ether oxygens (including phenoxy) is 1. The van der Waals surface area contributed by atoms with Crippen LogP contribution in [0.25, 0.3) is 5.65 Å². The van der Waals surface area contributed by atoms with Gasteiger partial charge in [0.25, 0.3) is 5.91 Å². The van der Waals surface area contributed by atoms with Crippen LogP contribution in [0.1, 0.15) is 35.3 Å². The molecule has 178 valence electrons. The monoisotopic (exact) mass is 486 g/mol. The van der Waals surface area contributed by atoms with Gasteiger partial charge in [-0.25, -0.2) is 8.91 Å². The first-order valence-corrected chi connectivity index (χ1v) is 11.4. The van der Waals surface area contributed by atoms with Crippen LogP contribution in [0.15, 0.2) is 36.5 Å². The van der Waals surface area contributed by atoms with Crippen molar-refractivity contribution in [3.63, 3.8) is 0 Å². The minimum Gasteiger partial charge on any atom is -0.493 e. The van der Waals surface area contributed by atoms with E-state index in [2.05, 4.69) is 15.4 Å². The summed E-state index contributed by atoms with van der Waals surface area (Å²) < 4.78 is 20.7. The average Bonchev–Trinajstić information content (AvgIpc) is 3.22. The molecular weight excluding hydrogens is 463 g/mol. The van der Waals surface area contributed by atoms with Crippen LogP contribution in [0, 0.1) is 0 Å². The summed E-state index contributed by atoms with van der Waals surface area (Å²) >= 11 is 6.04. The molecule has 2 amide bonds. The second-order valence-electron chi connectivity index (χ2n) is 8.51. The van der Waals surface area contributed by atoms with Gasteiger partial charge in [-0.2, -0.15) is 4.98 Å². The highest BCUT2D eigenvalue weighted by Crippen LogP contribution is 2.29. The first kappa shape index (κ1) is 22.4. The summed E-state index contributed by atoms with van der Waals surface area (Å²) in [5.74, 6) is 0.206. The Labute approximate surface area is 200 Å². The first-order valence-electron chi connectivity index (χ1n) is 11.0. The quantitative estimate of drug-likeness (QED) is 0.576. The number of aromatic nitrogens is 3. The summed E-state index contributed by atoms with van der Waals surface area (Å²) in [7, 11) is 1.47. The number of halogens is 2. The van der Waals surface area contributed by atoms with Gasteiger partial charge in [0, 0.05) is 24.3 Å². The molecule has 3 unspecified atom stereocenters. The molecule has 1 N–H and O–H groups in total. The number of alkyl halides is 1. The molecule has 2 saturated heterocycles. The highest BCUT2D eigenvalue weighted by atomic mass is 35.5. The summed E-state index contributed by atoms with van der Waals surface area (Å²) in [5.41, 5.74) is 1.36. The zero-order chi connectivity index (χ0) is 24.0. The molecule has 2 aromatic heterocycles. The molecular formula is C23H24ClFN6O3. The number of rotatable bonds is 6. The highest BCUT2D eigenvalue weighted by molar-refractivity contribution is 6.30. The zero-order valence-electron chi connectivity index (χ0n) is 18.7. The normalized spacial score (nSPS) is 20.6. The van der Waals surface area contributed by atoms with E-state index >= 15 is 0 Å². The van der Waals surface area contributed by atoms with Gasteiger partial charge in [0.2, 0.25) is 11.9 Å². The van der Waals surface area contributed by atoms with E-state index in [9.17, 15) is 14.0 Å². The van der Waals surface area contributed by atoms with Crippen LogP contribution < -0.4 is 10.1 Å². The molecule has 2 aliphatic heterocycles. The van der Waals surface area contributed by atoms with Crippen molar-refractivity contribution in [1.29, 1.82) is 0 Å². The molecule has 0 spiro atoms. The summed E-state index contributed by atoms with van der Waals surface area (Å²) in [6.07, 6.45) is 2.44. The summed E-state index contributed by atoms with van der Waals surface area (Å²) in [4.78, 5) is 33.8. The predicted octanol–water partition coefficient (Wildman–Crippen LogP) is 2.96. The number of hydrogen-bond acceptors (Lipinski definition) is 6. The van der Waals surface area contributed by atoms with Gasteiger partial charge in [0.05, 0.1) is 24.8 Å². The molecule has 5 rings (SSSR count). The van der Waals surface area contributed by atoms with Crippen molar-refractivity contribution >= 4 is 35.0 Å². The Morgan fingerprint density at radius 3 is 2.88 bits per heavy atom. The second kappa shape index (κ2) is 8.75. The minimum absolute atomic E-state index is 0.0329. The highest BCUT2D eigenvalue weighted by Gasteiger charge is 2.44. The Morgan fingerprint density at radius 1 is 1.38 bits per heavy atom. The topological polar surface area (TPSA) is 92.1 Å². The average molecular weight is 487 g/mol. The second-order valence-corrected chi connectivity index (χ2v) is 8.95. The smallest absolute Gasteiger partial charge is 0.256 e. The third kappa shape index (κ3) is 3.81. The van der Waals surface area contributed by atoms with Gasteiger partial charge in [0.1, 0.15) is 12.7 Å². The van der Waals surface area contributed by atoms with Crippen LogP contribution in [-0.4, -0.2) is 75.2 Å². The molecule has 2 fully saturated rings. The summed E-state index contributed by atoms with van der Waals surface area (Å²) in [6.45, 7) is 2.29. The van der Waals surface area contributed by atoms with E-state index in [4.69, 9.17) is 16.3 Å². The molecule has 9 nitrogen and oxygen atoms in total. The molecule has 3 atom stereocenters. The van der Waals surface area contributed by atoms with Gasteiger partial charge in [-0.15, -0.1) is 5.10 Å². The van der Waals surface area contributed by atoms with Crippen molar-refractivity contribution in [2.24, 2.45) is 0 Å². The van der Waals surface area contributed by atoms with E-state index in [1.54, 1.807) is 48.4 Å². The number of benzene rings is 1. The Morgan fingerprint density at radius 2 is 2.21 bits per heavy atom. The lowest BCUT2D eigenvalue weighted by Crippen LogP contribution is -2.67. The zero-order valence-corrected chi connectivity index (χ0v) is 19.5. The van der Waals surface area contributed by atoms with Crippen molar-refractivity contribution in [3.8, 4) is 5.75 Å². The first-order chi connectivity index (χ1) is 16.4. The molecule has 1 aromatic carbocycles. The Bertz CT molecular complexity index is 1270. The SMILES string of the molecule is COc1cc(C(=O)N2CC3CCN3C(=O)C2C)cn2nc(NC(CF)c3cccc(Cl)c3)nc12. The van der Waals surface area contributed by atoms with E-state index in [0.717, 1.165) is 13.0 Å². The lowest BCUT2D eigenvalue weighted by Gasteiger charge is -2.50. The summed E-state index contributed by atoms with van der Waals surface area (Å²) in [6, 6.07) is 7.32. The maximum atomic E-state index is 13.8. The number of piperazine rings is 1. The van der Waals surface area contributed by atoms with Gasteiger partial charge in [-0.05, 0) is 37.1 Å². The predicted molar refractivity (Wildman–Crippen MR) is 124 cm³/mol. The van der Waals surface area contributed by atoms with Gasteiger partial charge in [0.15, 0.2) is 11.4 Å². The van der Waals surface area contributed by atoms with Crippen LogP contribution in [0.4, 0.5) is 10.3 Å². The number of carbonyl (C=O) groups is 2. The number of fused-ring (bicyclic) bond motifs is 2. The van der Waals surface area contributed by atoms with Crippen molar-refractivity contribution in [2.45, 2.75) is 31.5 Å². The number of nitrogens with one attached hydrogen (secondary N) is 1. The Kier molecular flexibility index (Phi) is 5.76. The Balaban J connectivity index is 1.44. The molecule has 34 heavy (non-hydrogen) atoms. The van der Waals surface area contributed by atoms with Gasteiger partial charge >= 0.3 is 0 Å². The number of carbonyl (C=O) groups excluding carboxylic acids is 2. The fourth-order valence-electron chi connectivity index (χ4n) is 4.48. The maximum Gasteiger partial charge on any atom is 0.256 e. The molecule has 0 radical (unpaired) electrons. The third-order valence-corrected chi connectivity index (χ3v) is 6.73. The number of methoxy groups -OCH3 is 1. The molecule has 0 bridgehead atoms. The van der Waals surface area contributed by atoms with E-state index in [1.807, 2.05) is 4.90 Å². The Hall–Kier alpha value is -3.40. The third-order valence-electron chi connectivity index (χ3n) is 6.50. The summed E-state index contributed by atoms with van der Waals surface area (Å²) in [5, 5.41) is 7.87. The lowest BCUT2D eigenvalue weighted by molar-refractivity contribution is -0.150. The molecule has 2 aliphatic rings. The number of amides is 2. The van der Waals surface area contributed by atoms with Gasteiger partial charge in [-0.3, -0.25) is 9.59 Å². The largest absolute Gasteiger partial charge is 0.493 e. The van der Waals surface area contributed by atoms with Crippen LogP contribution >= 0.6 is 11.6 Å². The molecule has 0 aliphatic carbocycles. The number of anilines is 1. The van der Waals surface area contributed by atoms with E-state index < -0.39 is 18.8 Å². The number of hydrogen-bond donors (Lipinski definition) is 1. The number of nitrogens with zero attached hydrogens (tertiary/aromatic N) is 5. The maximum absolute atomic E-state index is 13.8. The molecule has 3 aromatic rings. The molecule has 11 heteroatoms. The van der Waals surface area contributed by atoms with Crippen molar-refractivity contribution in [3.05, 3.63) is 52.7 Å². The minimum atomic E-state index is -0.700. The standard InChI is InChI=1S/C23H24ClFN6O3/c1-13-21(32)29-7-6-17(29)12-30(13)22(33)15-9-19(34-2)20-27-23(28-31(20)11-15)26-18(10-25)14-4-3-5-16(24)8-14/h3-5,8-9,11,13,17-18H,6-7,10,12H2,1-2H3,(H,26,28). The number of pyridine rings is 1. The van der Waals surface area contributed by atoms with Gasteiger partial charge in [-0.1, -0.05) is 23.7 Å². The molecule has 4 heterocycles. The van der Waals surface area contributed by atoms with Gasteiger partial charge < -0.3 is 19.9 Å². The van der Waals surface area contributed by atoms with Crippen LogP contribution in [0.5, 0.6) is 5.75 Å². The van der Waals surface area contributed by atoms with E-state index in [-0.39, 0.29) is 23.8 Å². The van der Waals surface area contributed by atoms with Crippen LogP contribution in [0.3, 0.4) is 0 Å². The fourth-order valence-corrected chi connectivity index (χ4v) is 4.68. The molecule has 0 saturated carbocycles. The van der Waals surface area contributed by atoms with Crippen molar-refractivity contribution < 1.29 is 18.7 Å². The van der Waals surface area contributed by atoms with E-state index in [0.29, 0.717) is 34.1 Å². The van der Waals surface area contributed by atoms with Crippen LogP contribution in [-0.2, 0) is 4.79 Å². The van der Waals surface area contributed by atoms with E-state index in [1.165, 1.54) is 11.6 Å².